The molecule has 16 heteroatoms. The van der Waals surface area contributed by atoms with E-state index in [2.05, 4.69) is 20.9 Å². The first-order chi connectivity index (χ1) is 19.3. The third-order valence-electron chi connectivity index (χ3n) is 5.85. The molecule has 0 aromatic heterocycles. The maximum Gasteiger partial charge on any atom is 0.326 e. The molecular weight excluding hydrogens is 556 g/mol. The van der Waals surface area contributed by atoms with Crippen LogP contribution in [0.1, 0.15) is 37.7 Å². The Morgan fingerprint density at radius 3 is 2.02 bits per heavy atom. The molecule has 0 aliphatic heterocycles. The van der Waals surface area contributed by atoms with Crippen LogP contribution in [-0.4, -0.2) is 88.5 Å². The smallest absolute Gasteiger partial charge is 0.326 e. The summed E-state index contributed by atoms with van der Waals surface area (Å²) in [7, 11) is 0. The number of primary amides is 1. The van der Waals surface area contributed by atoms with Crippen molar-refractivity contribution in [3.8, 4) is 5.75 Å². The number of guanidine groups is 1. The number of phenols is 1. The van der Waals surface area contributed by atoms with Crippen LogP contribution in [0, 0.1) is 0 Å². The molecule has 13 N–H and O–H groups in total. The lowest BCUT2D eigenvalue weighted by atomic mass is 10.0. The molecule has 0 saturated carbocycles. The number of nitrogens with two attached hydrogens (primary N) is 4. The first kappa shape index (κ1) is 35.0. The molecule has 0 spiro atoms. The van der Waals surface area contributed by atoms with Gasteiger partial charge in [0.2, 0.25) is 23.6 Å². The highest BCUT2D eigenvalue weighted by Gasteiger charge is 2.30. The molecule has 1 rings (SSSR count). The number of amides is 4. The molecule has 228 valence electrons. The number of nitrogens with one attached hydrogen (secondary N) is 3. The average Bonchev–Trinajstić information content (AvgIpc) is 2.91. The van der Waals surface area contributed by atoms with Crippen molar-refractivity contribution in [3.63, 3.8) is 0 Å². The molecule has 4 amide bonds. The topological polar surface area (TPSA) is 278 Å². The van der Waals surface area contributed by atoms with Crippen LogP contribution in [0.2, 0.25) is 0 Å². The molecule has 0 bridgehead atoms. The van der Waals surface area contributed by atoms with Gasteiger partial charge in [-0.05, 0) is 55.4 Å². The summed E-state index contributed by atoms with van der Waals surface area (Å²) in [5.74, 6) is -3.77. The van der Waals surface area contributed by atoms with Gasteiger partial charge in [-0.15, -0.1) is 0 Å². The Labute approximate surface area is 242 Å². The Bertz CT molecular complexity index is 1070. The number of carboxylic acids is 1. The standard InChI is InChI=1S/C25H40N8O7S/c1-41-12-10-16(26)21(36)31-17(3-2-11-30-25(28)29)22(37)33-19(13-14-4-6-15(34)7-5-14)23(38)32-18(24(39)40)8-9-20(27)35/h4-7,16-19,34H,2-3,8-13,26H2,1H3,(H2,27,35)(H,31,36)(H,32,38)(H,33,37)(H,39,40)(H4,28,29,30). The summed E-state index contributed by atoms with van der Waals surface area (Å²) in [5.41, 5.74) is 22.3. The SMILES string of the molecule is CSCCC(N)C(=O)NC(CCCN=C(N)N)C(=O)NC(Cc1ccc(O)cc1)C(=O)NC(CCC(N)=O)C(=O)O. The first-order valence-corrected chi connectivity index (χ1v) is 14.2. The Morgan fingerprint density at radius 1 is 0.878 bits per heavy atom. The summed E-state index contributed by atoms with van der Waals surface area (Å²) < 4.78 is 0. The highest BCUT2D eigenvalue weighted by Crippen LogP contribution is 2.12. The van der Waals surface area contributed by atoms with Gasteiger partial charge in [-0.3, -0.25) is 24.2 Å². The molecule has 1 aromatic carbocycles. The Kier molecular flexibility index (Phi) is 15.6. The van der Waals surface area contributed by atoms with Gasteiger partial charge >= 0.3 is 5.97 Å². The van der Waals surface area contributed by atoms with Crippen LogP contribution in [0.15, 0.2) is 29.3 Å². The highest BCUT2D eigenvalue weighted by atomic mass is 32.2. The first-order valence-electron chi connectivity index (χ1n) is 12.8. The largest absolute Gasteiger partial charge is 0.508 e. The number of hydrogen-bond donors (Lipinski definition) is 9. The molecule has 0 saturated heterocycles. The minimum absolute atomic E-state index is 0.0162. The predicted octanol–water partition coefficient (Wildman–Crippen LogP) is -2.13. The molecule has 0 heterocycles. The molecular formula is C25H40N8O7S. The van der Waals surface area contributed by atoms with Gasteiger partial charge in [-0.25, -0.2) is 4.79 Å². The van der Waals surface area contributed by atoms with Crippen LogP contribution < -0.4 is 38.9 Å². The lowest BCUT2D eigenvalue weighted by Crippen LogP contribution is -2.57. The molecule has 0 radical (unpaired) electrons. The summed E-state index contributed by atoms with van der Waals surface area (Å²) in [6.45, 7) is 0.179. The second kappa shape index (κ2) is 18.3. The highest BCUT2D eigenvalue weighted by molar-refractivity contribution is 7.98. The van der Waals surface area contributed by atoms with E-state index in [1.54, 1.807) is 0 Å². The fourth-order valence-electron chi connectivity index (χ4n) is 3.59. The van der Waals surface area contributed by atoms with E-state index in [4.69, 9.17) is 22.9 Å². The third kappa shape index (κ3) is 14.2. The second-order valence-corrected chi connectivity index (χ2v) is 10.2. The van der Waals surface area contributed by atoms with Crippen molar-refractivity contribution in [2.45, 2.75) is 62.7 Å². The van der Waals surface area contributed by atoms with E-state index in [9.17, 15) is 34.2 Å². The molecule has 0 fully saturated rings. The van der Waals surface area contributed by atoms with E-state index < -0.39 is 53.8 Å². The van der Waals surface area contributed by atoms with Gasteiger partial charge in [0.05, 0.1) is 6.04 Å². The number of carbonyl (C=O) groups excluding carboxylic acids is 4. The van der Waals surface area contributed by atoms with Gasteiger partial charge < -0.3 is 49.1 Å². The Hall–Kier alpha value is -4.05. The van der Waals surface area contributed by atoms with Crippen molar-refractivity contribution < 1.29 is 34.2 Å². The van der Waals surface area contributed by atoms with Crippen LogP contribution in [0.4, 0.5) is 0 Å². The van der Waals surface area contributed by atoms with Gasteiger partial charge in [0, 0.05) is 19.4 Å². The van der Waals surface area contributed by atoms with E-state index in [-0.39, 0.29) is 43.9 Å². The number of phenolic OH excluding ortho intramolecular Hbond substituents is 1. The number of carbonyl (C=O) groups is 5. The van der Waals surface area contributed by atoms with Crippen molar-refractivity contribution in [2.75, 3.05) is 18.6 Å². The van der Waals surface area contributed by atoms with Gasteiger partial charge in [0.15, 0.2) is 5.96 Å². The number of aliphatic carboxylic acids is 1. The van der Waals surface area contributed by atoms with Crippen molar-refractivity contribution in [1.29, 1.82) is 0 Å². The zero-order valence-electron chi connectivity index (χ0n) is 22.9. The van der Waals surface area contributed by atoms with Crippen LogP contribution in [0.3, 0.4) is 0 Å². The van der Waals surface area contributed by atoms with Gasteiger partial charge in [-0.1, -0.05) is 12.1 Å². The summed E-state index contributed by atoms with van der Waals surface area (Å²) in [6, 6.07) is 1.13. The van der Waals surface area contributed by atoms with Crippen molar-refractivity contribution in [1.82, 2.24) is 16.0 Å². The maximum absolute atomic E-state index is 13.4. The number of thioether (sulfide) groups is 1. The van der Waals surface area contributed by atoms with E-state index in [0.717, 1.165) is 0 Å². The maximum atomic E-state index is 13.4. The quantitative estimate of drug-likeness (QED) is 0.0472. The lowest BCUT2D eigenvalue weighted by molar-refractivity contribution is -0.142. The number of carboxylic acid groups (broad SMARTS) is 1. The predicted molar refractivity (Wildman–Crippen MR) is 155 cm³/mol. The van der Waals surface area contributed by atoms with Gasteiger partial charge in [-0.2, -0.15) is 11.8 Å². The van der Waals surface area contributed by atoms with E-state index in [1.807, 2.05) is 6.26 Å². The monoisotopic (exact) mass is 596 g/mol. The summed E-state index contributed by atoms with van der Waals surface area (Å²) in [5, 5.41) is 26.6. The summed E-state index contributed by atoms with van der Waals surface area (Å²) >= 11 is 1.51. The van der Waals surface area contributed by atoms with Gasteiger partial charge in [0.1, 0.15) is 23.9 Å². The number of benzene rings is 1. The normalized spacial score (nSPS) is 13.6. The minimum Gasteiger partial charge on any atom is -0.508 e. The number of rotatable bonds is 19. The van der Waals surface area contributed by atoms with Crippen LogP contribution in [0.25, 0.3) is 0 Å². The van der Waals surface area contributed by atoms with Crippen LogP contribution in [-0.2, 0) is 30.4 Å². The van der Waals surface area contributed by atoms with Crippen LogP contribution in [0.5, 0.6) is 5.75 Å². The number of hydrogen-bond acceptors (Lipinski definition) is 9. The zero-order chi connectivity index (χ0) is 30.9. The summed E-state index contributed by atoms with van der Waals surface area (Å²) in [4.78, 5) is 66.0. The summed E-state index contributed by atoms with van der Waals surface area (Å²) in [6.07, 6.45) is 2.03. The molecule has 4 atom stereocenters. The van der Waals surface area contributed by atoms with Crippen LogP contribution >= 0.6 is 11.8 Å². The minimum atomic E-state index is -1.45. The van der Waals surface area contributed by atoms with E-state index in [0.29, 0.717) is 24.2 Å². The van der Waals surface area contributed by atoms with Crippen molar-refractivity contribution in [3.05, 3.63) is 29.8 Å². The average molecular weight is 597 g/mol. The number of aromatic hydroxyl groups is 1. The van der Waals surface area contributed by atoms with Gasteiger partial charge in [0.25, 0.3) is 0 Å². The Morgan fingerprint density at radius 2 is 1.46 bits per heavy atom. The fourth-order valence-corrected chi connectivity index (χ4v) is 4.08. The van der Waals surface area contributed by atoms with Crippen molar-refractivity contribution in [2.24, 2.45) is 27.9 Å². The molecule has 15 nitrogen and oxygen atoms in total. The number of aliphatic imine (C=N–C) groups is 1. The van der Waals surface area contributed by atoms with E-state index in [1.165, 1.54) is 36.0 Å². The molecule has 41 heavy (non-hydrogen) atoms. The lowest BCUT2D eigenvalue weighted by Gasteiger charge is -2.25. The molecule has 0 aliphatic rings. The van der Waals surface area contributed by atoms with E-state index >= 15 is 0 Å². The fraction of sp³-hybridized carbons (Fsp3) is 0.520. The third-order valence-corrected chi connectivity index (χ3v) is 6.50. The number of nitrogens with zero attached hydrogens (tertiary/aromatic N) is 1. The molecule has 1 aromatic rings. The second-order valence-electron chi connectivity index (χ2n) is 9.23. The molecule has 4 unspecified atom stereocenters. The molecule has 0 aliphatic carbocycles. The van der Waals surface area contributed by atoms with Crippen molar-refractivity contribution >= 4 is 47.3 Å². The Balaban J connectivity index is 3.18. The zero-order valence-corrected chi connectivity index (χ0v) is 23.7.